The fourth-order valence-electron chi connectivity index (χ4n) is 1.88. The molecule has 1 aliphatic heterocycles. The number of rotatable bonds is 9. The van der Waals surface area contributed by atoms with E-state index < -0.39 is 12.1 Å². The van der Waals surface area contributed by atoms with Crippen molar-refractivity contribution in [3.8, 4) is 0 Å². The van der Waals surface area contributed by atoms with Gasteiger partial charge in [0.1, 0.15) is 0 Å². The van der Waals surface area contributed by atoms with Crippen molar-refractivity contribution in [1.29, 1.82) is 0 Å². The summed E-state index contributed by atoms with van der Waals surface area (Å²) >= 11 is 0. The van der Waals surface area contributed by atoms with Crippen LogP contribution in [0.2, 0.25) is 0 Å². The average Bonchev–Trinajstić information content (AvgIpc) is 2.96. The second-order valence-electron chi connectivity index (χ2n) is 4.34. The fraction of sp³-hybridized carbons (Fsp3) is 0.917. The van der Waals surface area contributed by atoms with Gasteiger partial charge in [-0.3, -0.25) is 0 Å². The number of carboxylic acids is 1. The standard InChI is InChI=1S/C12H22O3/c1-2-3-4-5-6-7-8-9-10-11(15-10)12(13)14/h10-11H,2-9H2,1H3,(H,13,14)/t10?,11-/m0/s1. The van der Waals surface area contributed by atoms with Gasteiger partial charge in [-0.25, -0.2) is 4.79 Å². The van der Waals surface area contributed by atoms with Crippen LogP contribution >= 0.6 is 0 Å². The van der Waals surface area contributed by atoms with Crippen LogP contribution in [0.3, 0.4) is 0 Å². The van der Waals surface area contributed by atoms with Gasteiger partial charge in [-0.1, -0.05) is 51.9 Å². The topological polar surface area (TPSA) is 49.8 Å². The van der Waals surface area contributed by atoms with Gasteiger partial charge >= 0.3 is 5.97 Å². The van der Waals surface area contributed by atoms with Crippen molar-refractivity contribution >= 4 is 5.97 Å². The summed E-state index contributed by atoms with van der Waals surface area (Å²) in [6, 6.07) is 0. The number of hydrogen-bond donors (Lipinski definition) is 1. The first-order valence-electron chi connectivity index (χ1n) is 6.14. The lowest BCUT2D eigenvalue weighted by molar-refractivity contribution is -0.138. The minimum absolute atomic E-state index is 0.0122. The van der Waals surface area contributed by atoms with Gasteiger partial charge in [-0.15, -0.1) is 0 Å². The molecule has 1 unspecified atom stereocenters. The molecule has 0 radical (unpaired) electrons. The van der Waals surface area contributed by atoms with E-state index in [0.717, 1.165) is 12.8 Å². The largest absolute Gasteiger partial charge is 0.479 e. The summed E-state index contributed by atoms with van der Waals surface area (Å²) in [5.74, 6) is -0.803. The Morgan fingerprint density at radius 3 is 2.27 bits per heavy atom. The summed E-state index contributed by atoms with van der Waals surface area (Å²) in [6.45, 7) is 2.22. The molecule has 0 aromatic carbocycles. The molecule has 1 rings (SSSR count). The van der Waals surface area contributed by atoms with Crippen LogP contribution in [0.5, 0.6) is 0 Å². The third-order valence-corrected chi connectivity index (χ3v) is 2.92. The van der Waals surface area contributed by atoms with Gasteiger partial charge in [-0.05, 0) is 6.42 Å². The zero-order valence-electron chi connectivity index (χ0n) is 9.58. The Bertz CT molecular complexity index is 191. The molecule has 0 aromatic rings. The Balaban J connectivity index is 1.80. The highest BCUT2D eigenvalue weighted by Gasteiger charge is 2.44. The number of ether oxygens (including phenoxy) is 1. The summed E-state index contributed by atoms with van der Waals surface area (Å²) in [5.41, 5.74) is 0. The molecule has 0 aromatic heterocycles. The lowest BCUT2D eigenvalue weighted by atomic mass is 10.1. The first-order valence-corrected chi connectivity index (χ1v) is 6.14. The van der Waals surface area contributed by atoms with Gasteiger partial charge in [-0.2, -0.15) is 0 Å². The normalized spacial score (nSPS) is 24.1. The lowest BCUT2D eigenvalue weighted by Crippen LogP contribution is -2.07. The van der Waals surface area contributed by atoms with Crippen molar-refractivity contribution in [2.45, 2.75) is 70.5 Å². The Hall–Kier alpha value is -0.570. The van der Waals surface area contributed by atoms with E-state index in [4.69, 9.17) is 9.84 Å². The summed E-state index contributed by atoms with van der Waals surface area (Å²) in [5, 5.41) is 8.60. The zero-order valence-corrected chi connectivity index (χ0v) is 9.58. The van der Waals surface area contributed by atoms with E-state index in [0.29, 0.717) is 0 Å². The molecule has 1 aliphatic rings. The van der Waals surface area contributed by atoms with Gasteiger partial charge in [0.2, 0.25) is 0 Å². The Morgan fingerprint density at radius 1 is 1.13 bits per heavy atom. The van der Waals surface area contributed by atoms with E-state index in [1.54, 1.807) is 0 Å². The second-order valence-corrected chi connectivity index (χ2v) is 4.34. The molecular weight excluding hydrogens is 192 g/mol. The Labute approximate surface area is 91.8 Å². The van der Waals surface area contributed by atoms with E-state index >= 15 is 0 Å². The van der Waals surface area contributed by atoms with Gasteiger partial charge in [0.25, 0.3) is 0 Å². The van der Waals surface area contributed by atoms with Gasteiger partial charge in [0, 0.05) is 0 Å². The third-order valence-electron chi connectivity index (χ3n) is 2.92. The quantitative estimate of drug-likeness (QED) is 0.474. The van der Waals surface area contributed by atoms with Crippen molar-refractivity contribution < 1.29 is 14.6 Å². The summed E-state index contributed by atoms with van der Waals surface area (Å²) in [7, 11) is 0. The van der Waals surface area contributed by atoms with Crippen molar-refractivity contribution in [1.82, 2.24) is 0 Å². The van der Waals surface area contributed by atoms with Crippen molar-refractivity contribution in [2.24, 2.45) is 0 Å². The minimum atomic E-state index is -0.803. The van der Waals surface area contributed by atoms with E-state index in [1.807, 2.05) is 0 Å². The van der Waals surface area contributed by atoms with Gasteiger partial charge in [0.05, 0.1) is 6.10 Å². The van der Waals surface area contributed by atoms with Crippen LogP contribution in [-0.4, -0.2) is 23.3 Å². The molecule has 1 saturated heterocycles. The number of aliphatic carboxylic acids is 1. The van der Waals surface area contributed by atoms with Gasteiger partial charge < -0.3 is 9.84 Å². The number of carbonyl (C=O) groups is 1. The van der Waals surface area contributed by atoms with Crippen LogP contribution in [-0.2, 0) is 9.53 Å². The third kappa shape index (κ3) is 5.17. The van der Waals surface area contributed by atoms with Crippen LogP contribution in [0.15, 0.2) is 0 Å². The zero-order chi connectivity index (χ0) is 11.1. The van der Waals surface area contributed by atoms with Crippen LogP contribution in [0.1, 0.15) is 58.3 Å². The molecule has 2 atom stereocenters. The molecule has 3 heteroatoms. The first kappa shape index (κ1) is 12.5. The Kier molecular flexibility index (Phi) is 5.69. The Morgan fingerprint density at radius 2 is 1.73 bits per heavy atom. The first-order chi connectivity index (χ1) is 7.25. The summed E-state index contributed by atoms with van der Waals surface area (Å²) in [6.07, 6.45) is 9.34. The summed E-state index contributed by atoms with van der Waals surface area (Å²) in [4.78, 5) is 10.5. The number of unbranched alkanes of at least 4 members (excludes halogenated alkanes) is 6. The van der Waals surface area contributed by atoms with Crippen molar-refractivity contribution in [3.63, 3.8) is 0 Å². The smallest absolute Gasteiger partial charge is 0.335 e. The maximum Gasteiger partial charge on any atom is 0.335 e. The molecule has 15 heavy (non-hydrogen) atoms. The van der Waals surface area contributed by atoms with E-state index in [-0.39, 0.29) is 6.10 Å². The molecule has 0 aliphatic carbocycles. The molecule has 0 amide bonds. The van der Waals surface area contributed by atoms with E-state index in [1.165, 1.54) is 38.5 Å². The minimum Gasteiger partial charge on any atom is -0.479 e. The highest BCUT2D eigenvalue weighted by Crippen LogP contribution is 2.27. The molecule has 1 N–H and O–H groups in total. The van der Waals surface area contributed by atoms with Crippen molar-refractivity contribution in [2.75, 3.05) is 0 Å². The SMILES string of the molecule is CCCCCCCCCC1O[C@@H]1C(=O)O. The van der Waals surface area contributed by atoms with E-state index in [9.17, 15) is 4.79 Å². The number of carboxylic acid groups (broad SMARTS) is 1. The molecule has 0 spiro atoms. The highest BCUT2D eigenvalue weighted by atomic mass is 16.6. The molecule has 3 nitrogen and oxygen atoms in total. The summed E-state index contributed by atoms with van der Waals surface area (Å²) < 4.78 is 5.02. The van der Waals surface area contributed by atoms with Crippen LogP contribution in [0.4, 0.5) is 0 Å². The number of hydrogen-bond acceptors (Lipinski definition) is 2. The molecule has 1 heterocycles. The van der Waals surface area contributed by atoms with Crippen molar-refractivity contribution in [3.05, 3.63) is 0 Å². The van der Waals surface area contributed by atoms with E-state index in [2.05, 4.69) is 6.92 Å². The average molecular weight is 214 g/mol. The maximum absolute atomic E-state index is 10.5. The lowest BCUT2D eigenvalue weighted by Gasteiger charge is -1.99. The van der Waals surface area contributed by atoms with Crippen LogP contribution in [0, 0.1) is 0 Å². The highest BCUT2D eigenvalue weighted by molar-refractivity contribution is 5.75. The predicted molar refractivity (Wildman–Crippen MR) is 58.9 cm³/mol. The fourth-order valence-corrected chi connectivity index (χ4v) is 1.88. The molecular formula is C12H22O3. The molecule has 0 saturated carbocycles. The molecule has 0 bridgehead atoms. The molecule has 88 valence electrons. The van der Waals surface area contributed by atoms with Crippen LogP contribution < -0.4 is 0 Å². The number of epoxide rings is 1. The van der Waals surface area contributed by atoms with Gasteiger partial charge in [0.15, 0.2) is 6.10 Å². The predicted octanol–water partition coefficient (Wildman–Crippen LogP) is 2.98. The maximum atomic E-state index is 10.5. The van der Waals surface area contributed by atoms with Crippen LogP contribution in [0.25, 0.3) is 0 Å². The second kappa shape index (κ2) is 6.83. The molecule has 1 fully saturated rings. The monoisotopic (exact) mass is 214 g/mol.